The Kier molecular flexibility index (Phi) is 9.31. The van der Waals surface area contributed by atoms with Gasteiger partial charge in [-0.1, -0.05) is 57.2 Å². The minimum absolute atomic E-state index is 0.0607. The summed E-state index contributed by atoms with van der Waals surface area (Å²) in [5.74, 6) is 0. The topological polar surface area (TPSA) is 63.9 Å². The molecule has 0 amide bonds. The molecule has 0 aliphatic rings. The molecule has 0 aliphatic heterocycles. The third kappa shape index (κ3) is 6.29. The fourth-order valence-electron chi connectivity index (χ4n) is 3.34. The normalized spacial score (nSPS) is 12.7. The zero-order valence-electron chi connectivity index (χ0n) is 18.6. The van der Waals surface area contributed by atoms with Crippen LogP contribution in [0.2, 0.25) is 0 Å². The van der Waals surface area contributed by atoms with E-state index in [2.05, 4.69) is 37.1 Å². The number of nitrogens with zero attached hydrogens (tertiary/aromatic N) is 1. The van der Waals surface area contributed by atoms with Gasteiger partial charge in [-0.25, -0.2) is 0 Å². The molecule has 1 heterocycles. The summed E-state index contributed by atoms with van der Waals surface area (Å²) in [7, 11) is 2.06. The van der Waals surface area contributed by atoms with E-state index < -0.39 is 5.60 Å². The van der Waals surface area contributed by atoms with E-state index in [1.165, 1.54) is 15.5 Å². The van der Waals surface area contributed by atoms with Crippen molar-refractivity contribution in [1.82, 2.24) is 0 Å². The van der Waals surface area contributed by atoms with Crippen molar-refractivity contribution < 1.29 is 15.3 Å². The van der Waals surface area contributed by atoms with Gasteiger partial charge in [-0.3, -0.25) is 0 Å². The Hall–Kier alpha value is -1.92. The molecule has 0 spiro atoms. The lowest BCUT2D eigenvalue weighted by atomic mass is 9.97. The van der Waals surface area contributed by atoms with Gasteiger partial charge in [-0.15, -0.1) is 11.3 Å². The predicted molar refractivity (Wildman–Crippen MR) is 128 cm³/mol. The SMILES string of the molecule is CCC(=CC=CC(O)(CC)CC)c1ccc(N(C)Cc2ccc(CO)c(CO)c2)s1. The fraction of sp³-hybridized carbons (Fsp3) is 0.440. The Labute approximate surface area is 184 Å². The van der Waals surface area contributed by atoms with Gasteiger partial charge in [-0.05, 0) is 53.7 Å². The highest BCUT2D eigenvalue weighted by molar-refractivity contribution is 7.17. The minimum Gasteiger partial charge on any atom is -0.392 e. The summed E-state index contributed by atoms with van der Waals surface area (Å²) in [6, 6.07) is 10.1. The molecule has 5 heteroatoms. The third-order valence-corrected chi connectivity index (χ3v) is 6.90. The predicted octanol–water partition coefficient (Wildman–Crippen LogP) is 5.27. The van der Waals surface area contributed by atoms with Crippen molar-refractivity contribution in [2.75, 3.05) is 11.9 Å². The fourth-order valence-corrected chi connectivity index (χ4v) is 4.40. The van der Waals surface area contributed by atoms with E-state index in [1.54, 1.807) is 11.3 Å². The average Bonchev–Trinajstić information content (AvgIpc) is 3.26. The van der Waals surface area contributed by atoms with Crippen LogP contribution in [-0.2, 0) is 19.8 Å². The number of rotatable bonds is 11. The number of aliphatic hydroxyl groups excluding tert-OH is 2. The van der Waals surface area contributed by atoms with Crippen molar-refractivity contribution >= 4 is 21.9 Å². The summed E-state index contributed by atoms with van der Waals surface area (Å²) < 4.78 is 0. The van der Waals surface area contributed by atoms with Gasteiger partial charge in [0.05, 0.1) is 23.8 Å². The van der Waals surface area contributed by atoms with E-state index in [-0.39, 0.29) is 13.2 Å². The maximum atomic E-state index is 10.4. The van der Waals surface area contributed by atoms with Gasteiger partial charge >= 0.3 is 0 Å². The van der Waals surface area contributed by atoms with Crippen molar-refractivity contribution in [3.05, 3.63) is 70.1 Å². The smallest absolute Gasteiger partial charge is 0.0915 e. The number of anilines is 1. The van der Waals surface area contributed by atoms with Gasteiger partial charge in [0, 0.05) is 18.5 Å². The van der Waals surface area contributed by atoms with Crippen LogP contribution in [0.4, 0.5) is 5.00 Å². The highest BCUT2D eigenvalue weighted by Crippen LogP contribution is 2.32. The Morgan fingerprint density at radius 1 is 1.03 bits per heavy atom. The highest BCUT2D eigenvalue weighted by Gasteiger charge is 2.17. The molecule has 0 bridgehead atoms. The second-order valence-corrected chi connectivity index (χ2v) is 8.69. The van der Waals surface area contributed by atoms with E-state index >= 15 is 0 Å². The third-order valence-electron chi connectivity index (χ3n) is 5.62. The molecular weight excluding hydrogens is 394 g/mol. The molecule has 1 aromatic heterocycles. The van der Waals surface area contributed by atoms with E-state index in [1.807, 2.05) is 44.2 Å². The van der Waals surface area contributed by atoms with Gasteiger partial charge in [0.2, 0.25) is 0 Å². The first-order chi connectivity index (χ1) is 14.4. The van der Waals surface area contributed by atoms with Crippen molar-refractivity contribution in [1.29, 1.82) is 0 Å². The molecule has 0 fully saturated rings. The van der Waals surface area contributed by atoms with E-state index in [9.17, 15) is 15.3 Å². The van der Waals surface area contributed by atoms with Crippen LogP contribution in [0.3, 0.4) is 0 Å². The number of allylic oxidation sites excluding steroid dienone is 3. The molecule has 164 valence electrons. The first-order valence-corrected chi connectivity index (χ1v) is 11.5. The maximum absolute atomic E-state index is 10.4. The zero-order chi connectivity index (χ0) is 22.1. The Bertz CT molecular complexity index is 865. The first-order valence-electron chi connectivity index (χ1n) is 10.6. The first kappa shape index (κ1) is 24.4. The van der Waals surface area contributed by atoms with Crippen LogP contribution in [0.1, 0.15) is 61.6 Å². The standard InChI is InChI=1S/C25H35NO3S/c1-5-20(9-8-14-25(29,6-2)7-3)23-12-13-24(30-23)26(4)16-19-10-11-21(17-27)22(15-19)18-28/h8-15,27-29H,5-7,16-18H2,1-4H3. The monoisotopic (exact) mass is 429 g/mol. The minimum atomic E-state index is -0.727. The number of aliphatic hydroxyl groups is 3. The number of hydrogen-bond donors (Lipinski definition) is 3. The van der Waals surface area contributed by atoms with Crippen LogP contribution in [-0.4, -0.2) is 28.0 Å². The van der Waals surface area contributed by atoms with Crippen LogP contribution >= 0.6 is 11.3 Å². The summed E-state index contributed by atoms with van der Waals surface area (Å²) in [5.41, 5.74) is 3.17. The van der Waals surface area contributed by atoms with Gasteiger partial charge in [0.15, 0.2) is 0 Å². The van der Waals surface area contributed by atoms with E-state index in [0.717, 1.165) is 29.7 Å². The highest BCUT2D eigenvalue weighted by atomic mass is 32.1. The molecule has 4 nitrogen and oxygen atoms in total. The quantitative estimate of drug-likeness (QED) is 0.426. The summed E-state index contributed by atoms with van der Waals surface area (Å²) in [4.78, 5) is 3.42. The summed E-state index contributed by atoms with van der Waals surface area (Å²) in [5, 5.41) is 30.5. The van der Waals surface area contributed by atoms with Gasteiger partial charge in [-0.2, -0.15) is 0 Å². The largest absolute Gasteiger partial charge is 0.392 e. The molecule has 0 radical (unpaired) electrons. The summed E-state index contributed by atoms with van der Waals surface area (Å²) in [6.45, 7) is 6.74. The molecule has 0 atom stereocenters. The lowest BCUT2D eigenvalue weighted by Gasteiger charge is -2.20. The molecule has 1 aromatic carbocycles. The van der Waals surface area contributed by atoms with Crippen LogP contribution in [0.15, 0.2) is 48.6 Å². The molecule has 0 saturated heterocycles. The molecule has 3 N–H and O–H groups in total. The van der Waals surface area contributed by atoms with E-state index in [0.29, 0.717) is 12.8 Å². The summed E-state index contributed by atoms with van der Waals surface area (Å²) >= 11 is 1.75. The molecule has 0 aliphatic carbocycles. The second kappa shape index (κ2) is 11.5. The maximum Gasteiger partial charge on any atom is 0.0915 e. The van der Waals surface area contributed by atoms with Crippen molar-refractivity contribution in [3.63, 3.8) is 0 Å². The molecule has 0 unspecified atom stereocenters. The summed E-state index contributed by atoms with van der Waals surface area (Å²) in [6.07, 6.45) is 8.33. The molecule has 2 rings (SSSR count). The van der Waals surface area contributed by atoms with Gasteiger partial charge in [0.1, 0.15) is 0 Å². The van der Waals surface area contributed by atoms with Crippen LogP contribution in [0.25, 0.3) is 5.57 Å². The molecule has 30 heavy (non-hydrogen) atoms. The average molecular weight is 430 g/mol. The van der Waals surface area contributed by atoms with Crippen LogP contribution < -0.4 is 4.90 Å². The van der Waals surface area contributed by atoms with Crippen LogP contribution in [0.5, 0.6) is 0 Å². The van der Waals surface area contributed by atoms with Crippen molar-refractivity contribution in [2.45, 2.75) is 65.4 Å². The van der Waals surface area contributed by atoms with Crippen molar-refractivity contribution in [3.8, 4) is 0 Å². The van der Waals surface area contributed by atoms with Gasteiger partial charge in [0.25, 0.3) is 0 Å². The van der Waals surface area contributed by atoms with Crippen molar-refractivity contribution in [2.24, 2.45) is 0 Å². The Morgan fingerprint density at radius 2 is 1.73 bits per heavy atom. The van der Waals surface area contributed by atoms with E-state index in [4.69, 9.17) is 0 Å². The number of thiophene rings is 1. The zero-order valence-corrected chi connectivity index (χ0v) is 19.4. The molecule has 2 aromatic rings. The number of hydrogen-bond acceptors (Lipinski definition) is 5. The van der Waals surface area contributed by atoms with Gasteiger partial charge < -0.3 is 20.2 Å². The van der Waals surface area contributed by atoms with Crippen LogP contribution in [0, 0.1) is 0 Å². The Balaban J connectivity index is 2.14. The number of benzene rings is 1. The lowest BCUT2D eigenvalue weighted by molar-refractivity contribution is 0.0828. The lowest BCUT2D eigenvalue weighted by Crippen LogP contribution is -2.22. The molecular formula is C25H35NO3S. The second-order valence-electron chi connectivity index (χ2n) is 7.63. The molecule has 0 saturated carbocycles. The Morgan fingerprint density at radius 3 is 2.33 bits per heavy atom.